The monoisotopic (exact) mass is 241 g/mol. The molecule has 2 aliphatic rings. The molecule has 1 aliphatic heterocycles. The Balaban J connectivity index is 1.99. The first kappa shape index (κ1) is 9.88. The minimum Gasteiger partial charge on any atom is -0.454 e. The van der Waals surface area contributed by atoms with Gasteiger partial charge in [-0.25, -0.2) is 0 Å². The van der Waals surface area contributed by atoms with Gasteiger partial charge in [-0.15, -0.1) is 0 Å². The van der Waals surface area contributed by atoms with Gasteiger partial charge in [0.05, 0.1) is 11.2 Å². The number of carbonyl (C=O) groups excluding carboxylic acids is 1. The van der Waals surface area contributed by atoms with Gasteiger partial charge in [0.25, 0.3) is 0 Å². The van der Waals surface area contributed by atoms with Crippen molar-refractivity contribution in [3.05, 3.63) is 29.5 Å². The number of rotatable bonds is 0. The lowest BCUT2D eigenvalue weighted by Gasteiger charge is -2.14. The lowest BCUT2D eigenvalue weighted by molar-refractivity contribution is 0.0972. The van der Waals surface area contributed by atoms with E-state index >= 15 is 0 Å². The molecule has 0 spiro atoms. The van der Waals surface area contributed by atoms with Crippen molar-refractivity contribution < 1.29 is 14.3 Å². The van der Waals surface area contributed by atoms with Crippen molar-refractivity contribution in [2.24, 2.45) is 0 Å². The van der Waals surface area contributed by atoms with Gasteiger partial charge in [-0.1, -0.05) is 0 Å². The molecule has 0 fully saturated rings. The van der Waals surface area contributed by atoms with Gasteiger partial charge in [0, 0.05) is 23.4 Å². The molecular formula is C14H11NO3. The highest BCUT2D eigenvalue weighted by Gasteiger charge is 2.21. The first-order valence-corrected chi connectivity index (χ1v) is 6.08. The van der Waals surface area contributed by atoms with Crippen LogP contribution >= 0.6 is 0 Å². The molecule has 0 atom stereocenters. The summed E-state index contributed by atoms with van der Waals surface area (Å²) in [5, 5.41) is 0.938. The molecule has 4 rings (SSSR count). The summed E-state index contributed by atoms with van der Waals surface area (Å²) in [6.45, 7) is 0.254. The van der Waals surface area contributed by atoms with Crippen molar-refractivity contribution in [2.45, 2.75) is 19.3 Å². The van der Waals surface area contributed by atoms with Crippen LogP contribution in [-0.4, -0.2) is 17.6 Å². The summed E-state index contributed by atoms with van der Waals surface area (Å²) in [4.78, 5) is 16.5. The number of fused-ring (bicyclic) bond motifs is 3. The third-order valence-electron chi connectivity index (χ3n) is 3.51. The normalized spacial score (nSPS) is 17.0. The van der Waals surface area contributed by atoms with Gasteiger partial charge >= 0.3 is 0 Å². The number of ether oxygens (including phenoxy) is 2. The van der Waals surface area contributed by atoms with Crippen LogP contribution in [-0.2, 0) is 6.42 Å². The van der Waals surface area contributed by atoms with Gasteiger partial charge in [0.15, 0.2) is 17.3 Å². The third kappa shape index (κ3) is 1.32. The van der Waals surface area contributed by atoms with E-state index in [4.69, 9.17) is 9.47 Å². The van der Waals surface area contributed by atoms with Gasteiger partial charge in [-0.3, -0.25) is 9.78 Å². The summed E-state index contributed by atoms with van der Waals surface area (Å²) in [6, 6.07) is 5.71. The van der Waals surface area contributed by atoms with Crippen molar-refractivity contribution in [3.8, 4) is 11.5 Å². The summed E-state index contributed by atoms with van der Waals surface area (Å²) < 4.78 is 10.7. The first-order valence-electron chi connectivity index (χ1n) is 6.08. The number of pyridine rings is 1. The molecular weight excluding hydrogens is 230 g/mol. The van der Waals surface area contributed by atoms with E-state index in [0.717, 1.165) is 46.5 Å². The van der Waals surface area contributed by atoms with Gasteiger partial charge < -0.3 is 9.47 Å². The Morgan fingerprint density at radius 2 is 1.89 bits per heavy atom. The molecule has 0 radical (unpaired) electrons. The van der Waals surface area contributed by atoms with E-state index in [1.807, 2.05) is 18.2 Å². The largest absolute Gasteiger partial charge is 0.454 e. The Bertz CT molecular complexity index is 678. The highest BCUT2D eigenvalue weighted by atomic mass is 16.7. The lowest BCUT2D eigenvalue weighted by Crippen LogP contribution is -2.12. The Labute approximate surface area is 104 Å². The smallest absolute Gasteiger partial charge is 0.231 e. The molecule has 4 nitrogen and oxygen atoms in total. The molecule has 1 aromatic heterocycles. The molecule has 18 heavy (non-hydrogen) atoms. The van der Waals surface area contributed by atoms with Crippen LogP contribution in [0.1, 0.15) is 28.9 Å². The fraction of sp³-hybridized carbons (Fsp3) is 0.286. The summed E-state index contributed by atoms with van der Waals surface area (Å²) >= 11 is 0. The number of nitrogens with zero attached hydrogens (tertiary/aromatic N) is 1. The second-order valence-corrected chi connectivity index (χ2v) is 4.66. The molecule has 1 aliphatic carbocycles. The molecule has 2 heterocycles. The fourth-order valence-electron chi connectivity index (χ4n) is 2.59. The van der Waals surface area contributed by atoms with Crippen LogP contribution in [0.4, 0.5) is 0 Å². The van der Waals surface area contributed by atoms with Gasteiger partial charge in [-0.05, 0) is 25.0 Å². The standard InChI is InChI=1S/C14H11NO3/c16-12-3-1-2-10-9(12)4-8-5-13-14(18-7-17-13)6-11(8)15-10/h4-6H,1-3,7H2. The van der Waals surface area contributed by atoms with Gasteiger partial charge in [-0.2, -0.15) is 0 Å². The van der Waals surface area contributed by atoms with E-state index in [1.165, 1.54) is 0 Å². The van der Waals surface area contributed by atoms with E-state index in [0.29, 0.717) is 6.42 Å². The zero-order chi connectivity index (χ0) is 12.1. The van der Waals surface area contributed by atoms with Crippen molar-refractivity contribution in [2.75, 3.05) is 6.79 Å². The molecule has 1 aromatic carbocycles. The van der Waals surface area contributed by atoms with Crippen LogP contribution in [0, 0.1) is 0 Å². The predicted molar refractivity (Wildman–Crippen MR) is 65.1 cm³/mol. The summed E-state index contributed by atoms with van der Waals surface area (Å²) in [7, 11) is 0. The number of hydrogen-bond donors (Lipinski definition) is 0. The van der Waals surface area contributed by atoms with Crippen molar-refractivity contribution >= 4 is 16.7 Å². The zero-order valence-corrected chi connectivity index (χ0v) is 9.73. The van der Waals surface area contributed by atoms with E-state index in [1.54, 1.807) is 0 Å². The van der Waals surface area contributed by atoms with E-state index < -0.39 is 0 Å². The second-order valence-electron chi connectivity index (χ2n) is 4.66. The van der Waals surface area contributed by atoms with Gasteiger partial charge in [0.2, 0.25) is 6.79 Å². The van der Waals surface area contributed by atoms with Gasteiger partial charge in [0.1, 0.15) is 0 Å². The predicted octanol–water partition coefficient (Wildman–Crippen LogP) is 2.48. The maximum atomic E-state index is 11.9. The highest BCUT2D eigenvalue weighted by molar-refractivity contribution is 6.01. The number of carbonyl (C=O) groups is 1. The number of benzene rings is 1. The second kappa shape index (κ2) is 3.45. The molecule has 0 unspecified atom stereocenters. The maximum absolute atomic E-state index is 11.9. The molecule has 0 saturated heterocycles. The minimum atomic E-state index is 0.198. The number of aryl methyl sites for hydroxylation is 1. The maximum Gasteiger partial charge on any atom is 0.231 e. The molecule has 0 bridgehead atoms. The quantitative estimate of drug-likeness (QED) is 0.711. The Hall–Kier alpha value is -2.10. The SMILES string of the molecule is O=C1CCCc2nc3cc4c(cc3cc21)OCO4. The van der Waals surface area contributed by atoms with Crippen molar-refractivity contribution in [3.63, 3.8) is 0 Å². The first-order chi connectivity index (χ1) is 8.81. The molecule has 0 saturated carbocycles. The Morgan fingerprint density at radius 3 is 2.78 bits per heavy atom. The van der Waals surface area contributed by atoms with Crippen molar-refractivity contribution in [1.82, 2.24) is 4.98 Å². The molecule has 90 valence electrons. The van der Waals surface area contributed by atoms with Crippen LogP contribution in [0.5, 0.6) is 11.5 Å². The summed E-state index contributed by atoms with van der Waals surface area (Å²) in [5.41, 5.74) is 2.55. The van der Waals surface area contributed by atoms with E-state index in [9.17, 15) is 4.79 Å². The Kier molecular flexibility index (Phi) is 1.89. The Morgan fingerprint density at radius 1 is 1.06 bits per heavy atom. The van der Waals surface area contributed by atoms with Crippen LogP contribution in [0.2, 0.25) is 0 Å². The molecule has 0 amide bonds. The number of hydrogen-bond acceptors (Lipinski definition) is 4. The zero-order valence-electron chi connectivity index (χ0n) is 9.73. The molecule has 4 heteroatoms. The molecule has 0 N–H and O–H groups in total. The average molecular weight is 241 g/mol. The van der Waals surface area contributed by atoms with Crippen molar-refractivity contribution in [1.29, 1.82) is 0 Å². The van der Waals surface area contributed by atoms with E-state index in [2.05, 4.69) is 4.98 Å². The topological polar surface area (TPSA) is 48.4 Å². The third-order valence-corrected chi connectivity index (χ3v) is 3.51. The van der Waals surface area contributed by atoms with Crippen LogP contribution in [0.15, 0.2) is 18.2 Å². The summed E-state index contributed by atoms with van der Waals surface area (Å²) in [5.74, 6) is 1.66. The number of ketones is 1. The number of Topliss-reactive ketones (excluding diaryl/α,β-unsaturated/α-hetero) is 1. The van der Waals surface area contributed by atoms with Crippen LogP contribution in [0.3, 0.4) is 0 Å². The lowest BCUT2D eigenvalue weighted by atomic mass is 9.93. The minimum absolute atomic E-state index is 0.198. The summed E-state index contributed by atoms with van der Waals surface area (Å²) in [6.07, 6.45) is 2.41. The van der Waals surface area contributed by atoms with Crippen LogP contribution < -0.4 is 9.47 Å². The van der Waals surface area contributed by atoms with Crippen LogP contribution in [0.25, 0.3) is 10.9 Å². The molecule has 2 aromatic rings. The average Bonchev–Trinajstić information content (AvgIpc) is 2.81. The van der Waals surface area contributed by atoms with E-state index in [-0.39, 0.29) is 12.6 Å². The fourth-order valence-corrected chi connectivity index (χ4v) is 2.59. The highest BCUT2D eigenvalue weighted by Crippen LogP contribution is 2.36. The number of aromatic nitrogens is 1.